The molecule has 6 heteroatoms. The summed E-state index contributed by atoms with van der Waals surface area (Å²) >= 11 is 0. The molecule has 2 rings (SSSR count). The van der Waals surface area contributed by atoms with E-state index in [1.807, 2.05) is 7.05 Å². The van der Waals surface area contributed by atoms with Crippen molar-refractivity contribution in [1.29, 1.82) is 0 Å². The predicted octanol–water partition coefficient (Wildman–Crippen LogP) is -0.0263. The molecule has 0 aliphatic carbocycles. The molecule has 2 fully saturated rings. The quantitative estimate of drug-likeness (QED) is 0.710. The first-order valence-electron chi connectivity index (χ1n) is 6.55. The average Bonchev–Trinajstić information content (AvgIpc) is 2.68. The highest BCUT2D eigenvalue weighted by Crippen LogP contribution is 2.22. The van der Waals surface area contributed by atoms with Gasteiger partial charge in [0.2, 0.25) is 5.91 Å². The van der Waals surface area contributed by atoms with Crippen molar-refractivity contribution in [3.63, 3.8) is 0 Å². The van der Waals surface area contributed by atoms with Crippen LogP contribution in [0, 0.1) is 5.92 Å². The molecule has 5 nitrogen and oxygen atoms in total. The van der Waals surface area contributed by atoms with E-state index < -0.39 is 9.84 Å². The molecule has 2 aliphatic rings. The zero-order valence-electron chi connectivity index (χ0n) is 11.1. The lowest BCUT2D eigenvalue weighted by molar-refractivity contribution is -0.137. The number of carbonyl (C=O) groups excluding carboxylic acids is 1. The molecule has 0 aromatic heterocycles. The van der Waals surface area contributed by atoms with Crippen LogP contribution >= 0.6 is 0 Å². The Kier molecular flexibility index (Phi) is 3.96. The third-order valence-electron chi connectivity index (χ3n) is 4.08. The fourth-order valence-corrected chi connectivity index (χ4v) is 4.69. The Hall–Kier alpha value is -0.620. The molecule has 1 amide bonds. The second-order valence-corrected chi connectivity index (χ2v) is 7.84. The Bertz CT molecular complexity index is 421. The number of carbonyl (C=O) groups is 1. The summed E-state index contributed by atoms with van der Waals surface area (Å²) in [6, 6.07) is -0.116. The van der Waals surface area contributed by atoms with Crippen LogP contribution in [0.2, 0.25) is 0 Å². The number of hydrogen-bond donors (Lipinski definition) is 0. The van der Waals surface area contributed by atoms with E-state index in [4.69, 9.17) is 0 Å². The van der Waals surface area contributed by atoms with E-state index in [0.29, 0.717) is 6.42 Å². The van der Waals surface area contributed by atoms with Gasteiger partial charge in [-0.25, -0.2) is 8.42 Å². The summed E-state index contributed by atoms with van der Waals surface area (Å²) in [5.41, 5.74) is 0. The number of likely N-dealkylation sites (tertiary alicyclic amines) is 1. The Labute approximate surface area is 109 Å². The molecule has 2 saturated heterocycles. The maximum atomic E-state index is 12.3. The molecule has 0 N–H and O–H groups in total. The van der Waals surface area contributed by atoms with Crippen LogP contribution in [0.1, 0.15) is 19.3 Å². The standard InChI is InChI=1S/C12H22N2O3S/c1-13-6-3-4-10(8-13)12(15)14(2)11-5-7-18(16,17)9-11/h10-11H,3-9H2,1-2H3. The topological polar surface area (TPSA) is 57.7 Å². The molecule has 0 spiro atoms. The molecule has 0 radical (unpaired) electrons. The van der Waals surface area contributed by atoms with E-state index in [9.17, 15) is 13.2 Å². The maximum absolute atomic E-state index is 12.3. The number of amides is 1. The number of hydrogen-bond acceptors (Lipinski definition) is 4. The third kappa shape index (κ3) is 3.03. The first kappa shape index (κ1) is 13.8. The largest absolute Gasteiger partial charge is 0.341 e. The molecule has 2 aliphatic heterocycles. The van der Waals surface area contributed by atoms with Crippen LogP contribution in [0.3, 0.4) is 0 Å². The van der Waals surface area contributed by atoms with E-state index in [0.717, 1.165) is 25.9 Å². The van der Waals surface area contributed by atoms with Gasteiger partial charge in [0.25, 0.3) is 0 Å². The van der Waals surface area contributed by atoms with Gasteiger partial charge in [0.05, 0.1) is 17.4 Å². The fraction of sp³-hybridized carbons (Fsp3) is 0.917. The van der Waals surface area contributed by atoms with Crippen LogP contribution in [0.4, 0.5) is 0 Å². The minimum Gasteiger partial charge on any atom is -0.341 e. The molecule has 0 bridgehead atoms. The van der Waals surface area contributed by atoms with Gasteiger partial charge in [0.15, 0.2) is 9.84 Å². The Balaban J connectivity index is 1.96. The summed E-state index contributed by atoms with van der Waals surface area (Å²) in [7, 11) is 0.860. The van der Waals surface area contributed by atoms with Gasteiger partial charge < -0.3 is 9.80 Å². The monoisotopic (exact) mass is 274 g/mol. The molecular formula is C12H22N2O3S. The van der Waals surface area contributed by atoms with Crippen LogP contribution in [0.5, 0.6) is 0 Å². The molecule has 2 atom stereocenters. The number of nitrogens with zero attached hydrogens (tertiary/aromatic N) is 2. The van der Waals surface area contributed by atoms with Crippen molar-refractivity contribution in [3.05, 3.63) is 0 Å². The molecule has 2 unspecified atom stereocenters. The first-order valence-corrected chi connectivity index (χ1v) is 8.37. The highest BCUT2D eigenvalue weighted by Gasteiger charge is 2.35. The zero-order valence-corrected chi connectivity index (χ0v) is 11.9. The minimum atomic E-state index is -2.92. The van der Waals surface area contributed by atoms with Crippen molar-refractivity contribution in [1.82, 2.24) is 9.80 Å². The van der Waals surface area contributed by atoms with Crippen molar-refractivity contribution in [2.45, 2.75) is 25.3 Å². The second-order valence-electron chi connectivity index (χ2n) is 5.61. The van der Waals surface area contributed by atoms with Gasteiger partial charge in [0.1, 0.15) is 0 Å². The number of sulfone groups is 1. The SMILES string of the molecule is CN1CCCC(C(=O)N(C)C2CCS(=O)(=O)C2)C1. The molecular weight excluding hydrogens is 252 g/mol. The van der Waals surface area contributed by atoms with Gasteiger partial charge in [-0.2, -0.15) is 0 Å². The summed E-state index contributed by atoms with van der Waals surface area (Å²) in [4.78, 5) is 16.2. The molecule has 104 valence electrons. The summed E-state index contributed by atoms with van der Waals surface area (Å²) in [5, 5.41) is 0. The molecule has 0 aromatic carbocycles. The zero-order chi connectivity index (χ0) is 13.3. The van der Waals surface area contributed by atoms with Gasteiger partial charge in [-0.15, -0.1) is 0 Å². The van der Waals surface area contributed by atoms with Crippen molar-refractivity contribution < 1.29 is 13.2 Å². The maximum Gasteiger partial charge on any atom is 0.226 e. The van der Waals surface area contributed by atoms with Crippen LogP contribution in [-0.4, -0.2) is 68.9 Å². The summed E-state index contributed by atoms with van der Waals surface area (Å²) in [5.74, 6) is 0.512. The lowest BCUT2D eigenvalue weighted by Gasteiger charge is -2.33. The minimum absolute atomic E-state index is 0.0389. The molecule has 0 saturated carbocycles. The Morgan fingerprint density at radius 2 is 2.06 bits per heavy atom. The van der Waals surface area contributed by atoms with Crippen molar-refractivity contribution in [3.8, 4) is 0 Å². The second kappa shape index (κ2) is 5.17. The normalized spacial score (nSPS) is 32.3. The van der Waals surface area contributed by atoms with Gasteiger partial charge in [-0.05, 0) is 32.9 Å². The average molecular weight is 274 g/mol. The lowest BCUT2D eigenvalue weighted by Crippen LogP contribution is -2.46. The van der Waals surface area contributed by atoms with Crippen LogP contribution < -0.4 is 0 Å². The Morgan fingerprint density at radius 1 is 1.33 bits per heavy atom. The van der Waals surface area contributed by atoms with Crippen LogP contribution in [0.15, 0.2) is 0 Å². The third-order valence-corrected chi connectivity index (χ3v) is 5.83. The van der Waals surface area contributed by atoms with Gasteiger partial charge in [-0.1, -0.05) is 0 Å². The Morgan fingerprint density at radius 3 is 2.61 bits per heavy atom. The fourth-order valence-electron chi connectivity index (χ4n) is 2.92. The van der Waals surface area contributed by atoms with E-state index in [1.54, 1.807) is 11.9 Å². The van der Waals surface area contributed by atoms with Gasteiger partial charge in [-0.3, -0.25) is 4.79 Å². The van der Waals surface area contributed by atoms with Crippen LogP contribution in [0.25, 0.3) is 0 Å². The first-order chi connectivity index (χ1) is 8.39. The summed E-state index contributed by atoms with van der Waals surface area (Å²) in [6.07, 6.45) is 2.56. The highest BCUT2D eigenvalue weighted by atomic mass is 32.2. The smallest absolute Gasteiger partial charge is 0.226 e. The van der Waals surface area contributed by atoms with Gasteiger partial charge in [0, 0.05) is 19.6 Å². The predicted molar refractivity (Wildman–Crippen MR) is 70.0 cm³/mol. The summed E-state index contributed by atoms with van der Waals surface area (Å²) in [6.45, 7) is 1.84. The number of piperidine rings is 1. The molecule has 18 heavy (non-hydrogen) atoms. The van der Waals surface area contributed by atoms with E-state index in [-0.39, 0.29) is 29.4 Å². The van der Waals surface area contributed by atoms with Gasteiger partial charge >= 0.3 is 0 Å². The van der Waals surface area contributed by atoms with E-state index in [1.165, 1.54) is 0 Å². The van der Waals surface area contributed by atoms with Crippen molar-refractivity contribution in [2.75, 3.05) is 38.7 Å². The summed E-state index contributed by atoms with van der Waals surface area (Å²) < 4.78 is 22.9. The lowest BCUT2D eigenvalue weighted by atomic mass is 9.96. The van der Waals surface area contributed by atoms with Crippen molar-refractivity contribution >= 4 is 15.7 Å². The van der Waals surface area contributed by atoms with E-state index in [2.05, 4.69) is 4.90 Å². The molecule has 0 aromatic rings. The molecule has 2 heterocycles. The van der Waals surface area contributed by atoms with Crippen LogP contribution in [-0.2, 0) is 14.6 Å². The van der Waals surface area contributed by atoms with Crippen molar-refractivity contribution in [2.24, 2.45) is 5.92 Å². The van der Waals surface area contributed by atoms with E-state index >= 15 is 0 Å². The number of rotatable bonds is 2. The highest BCUT2D eigenvalue weighted by molar-refractivity contribution is 7.91.